The highest BCUT2D eigenvalue weighted by atomic mass is 19.1. The number of benzene rings is 1. The Hall–Kier alpha value is -3.82. The minimum atomic E-state index is -1.15. The number of imidazole rings is 1. The van der Waals surface area contributed by atoms with E-state index in [0.29, 0.717) is 28.4 Å². The van der Waals surface area contributed by atoms with Gasteiger partial charge in [0.1, 0.15) is 30.4 Å². The second-order valence-electron chi connectivity index (χ2n) is 9.95. The van der Waals surface area contributed by atoms with E-state index in [1.165, 1.54) is 6.20 Å². The molecule has 0 bridgehead atoms. The first-order valence-electron chi connectivity index (χ1n) is 12.0. The molecule has 2 saturated carbocycles. The summed E-state index contributed by atoms with van der Waals surface area (Å²) in [5.74, 6) is 0.379. The zero-order valence-electron chi connectivity index (χ0n) is 19.4. The van der Waals surface area contributed by atoms with Crippen molar-refractivity contribution in [1.82, 2.24) is 24.9 Å². The number of aromatic nitrogens is 4. The number of nitrogens with one attached hydrogen (secondary N) is 2. The molecule has 1 aromatic carbocycles. The van der Waals surface area contributed by atoms with E-state index in [0.717, 1.165) is 36.8 Å². The lowest BCUT2D eigenvalue weighted by Gasteiger charge is -2.57. The molecule has 1 amide bonds. The Morgan fingerprint density at radius 2 is 1.92 bits per heavy atom. The van der Waals surface area contributed by atoms with Crippen molar-refractivity contribution in [2.45, 2.75) is 43.7 Å². The molecule has 36 heavy (non-hydrogen) atoms. The standard InChI is InChI=1S/C26H25F2N5O3/c27-12-18(13-28)36-17-5-6-33-21(14-29-22(33)7-17)25(35)30-16-10-26(11-16)8-15(9-26)23-19-3-1-2-4-20(19)24(34)32-31-23/h1-7,14-16,18H,8-13H2,(H,30,35)(H,32,34)/t15-,16-,26?. The van der Waals surface area contributed by atoms with Gasteiger partial charge in [-0.3, -0.25) is 14.0 Å². The van der Waals surface area contributed by atoms with Crippen LogP contribution in [0.25, 0.3) is 16.4 Å². The molecule has 2 aliphatic carbocycles. The summed E-state index contributed by atoms with van der Waals surface area (Å²) in [5.41, 5.74) is 1.83. The molecule has 3 aromatic heterocycles. The summed E-state index contributed by atoms with van der Waals surface area (Å²) < 4.78 is 32.4. The first-order chi connectivity index (χ1) is 17.5. The predicted molar refractivity (Wildman–Crippen MR) is 129 cm³/mol. The maximum atomic E-state index is 12.9. The molecular weight excluding hydrogens is 468 g/mol. The third-order valence-corrected chi connectivity index (χ3v) is 7.53. The van der Waals surface area contributed by atoms with Crippen LogP contribution in [0.1, 0.15) is 47.8 Å². The molecule has 2 aliphatic rings. The number of amides is 1. The minimum Gasteiger partial charge on any atom is -0.485 e. The Bertz CT molecular complexity index is 1500. The summed E-state index contributed by atoms with van der Waals surface area (Å²) in [7, 11) is 0. The number of nitrogens with zero attached hydrogens (tertiary/aromatic N) is 3. The number of carbonyl (C=O) groups is 1. The molecule has 4 aromatic rings. The van der Waals surface area contributed by atoms with Crippen molar-refractivity contribution >= 4 is 22.3 Å². The first kappa shape index (κ1) is 22.6. The van der Waals surface area contributed by atoms with Crippen molar-refractivity contribution < 1.29 is 18.3 Å². The maximum absolute atomic E-state index is 12.9. The maximum Gasteiger partial charge on any atom is 0.272 e. The molecule has 0 unspecified atom stereocenters. The minimum absolute atomic E-state index is 0.0850. The summed E-state index contributed by atoms with van der Waals surface area (Å²) in [6.45, 7) is -1.85. The number of hydrogen-bond acceptors (Lipinski definition) is 5. The lowest BCUT2D eigenvalue weighted by atomic mass is 9.49. The number of alkyl halides is 2. The summed E-state index contributed by atoms with van der Waals surface area (Å²) in [5, 5.41) is 11.7. The number of halogens is 2. The van der Waals surface area contributed by atoms with Gasteiger partial charge in [0.25, 0.3) is 11.5 Å². The van der Waals surface area contributed by atoms with Gasteiger partial charge >= 0.3 is 0 Å². The summed E-state index contributed by atoms with van der Waals surface area (Å²) in [6.07, 6.45) is 5.72. The Morgan fingerprint density at radius 1 is 1.17 bits per heavy atom. The van der Waals surface area contributed by atoms with Crippen molar-refractivity contribution in [2.24, 2.45) is 5.41 Å². The number of rotatable bonds is 7. The quantitative estimate of drug-likeness (QED) is 0.409. The van der Waals surface area contributed by atoms with E-state index in [2.05, 4.69) is 20.5 Å². The summed E-state index contributed by atoms with van der Waals surface area (Å²) >= 11 is 0. The Kier molecular flexibility index (Phi) is 5.46. The smallest absolute Gasteiger partial charge is 0.272 e. The van der Waals surface area contributed by atoms with Crippen molar-refractivity contribution in [3.8, 4) is 5.75 Å². The van der Waals surface area contributed by atoms with Gasteiger partial charge in [-0.1, -0.05) is 18.2 Å². The van der Waals surface area contributed by atoms with Gasteiger partial charge in [-0.05, 0) is 43.2 Å². The van der Waals surface area contributed by atoms with Crippen LogP contribution >= 0.6 is 0 Å². The van der Waals surface area contributed by atoms with Gasteiger partial charge in [0.2, 0.25) is 0 Å². The number of carbonyl (C=O) groups excluding carboxylic acids is 1. The van der Waals surface area contributed by atoms with Crippen LogP contribution in [-0.4, -0.2) is 51.0 Å². The van der Waals surface area contributed by atoms with Crippen molar-refractivity contribution in [3.63, 3.8) is 0 Å². The topological polar surface area (TPSA) is 101 Å². The van der Waals surface area contributed by atoms with E-state index in [1.807, 2.05) is 24.3 Å². The lowest BCUT2D eigenvalue weighted by Crippen LogP contribution is -2.55. The van der Waals surface area contributed by atoms with Crippen LogP contribution < -0.4 is 15.6 Å². The van der Waals surface area contributed by atoms with Crippen LogP contribution in [0.3, 0.4) is 0 Å². The molecule has 2 N–H and O–H groups in total. The van der Waals surface area contributed by atoms with Crippen LogP contribution in [0.15, 0.2) is 53.6 Å². The second-order valence-corrected chi connectivity index (χ2v) is 9.95. The molecule has 10 heteroatoms. The SMILES string of the molecule is O=C(N[C@H]1CC2(C1)C[C@H](c1n[nH]c(=O)c3ccccc31)C2)c1cnc2cc(OC(CF)CF)ccn12. The fourth-order valence-corrected chi connectivity index (χ4v) is 5.81. The van der Waals surface area contributed by atoms with Crippen molar-refractivity contribution in [1.29, 1.82) is 0 Å². The van der Waals surface area contributed by atoms with Gasteiger partial charge in [-0.2, -0.15) is 5.10 Å². The predicted octanol–water partition coefficient (Wildman–Crippen LogP) is 3.71. The monoisotopic (exact) mass is 493 g/mol. The molecule has 2 fully saturated rings. The number of fused-ring (bicyclic) bond motifs is 2. The van der Waals surface area contributed by atoms with E-state index in [4.69, 9.17) is 4.74 Å². The molecule has 186 valence electrons. The highest BCUT2D eigenvalue weighted by molar-refractivity contribution is 5.93. The summed E-state index contributed by atoms with van der Waals surface area (Å²) in [4.78, 5) is 29.2. The van der Waals surface area contributed by atoms with E-state index < -0.39 is 19.5 Å². The molecule has 0 saturated heterocycles. The van der Waals surface area contributed by atoms with Crippen LogP contribution in [0, 0.1) is 5.41 Å². The van der Waals surface area contributed by atoms with Crippen molar-refractivity contribution in [2.75, 3.05) is 13.3 Å². The third kappa shape index (κ3) is 3.81. The average molecular weight is 494 g/mol. The molecule has 6 rings (SSSR count). The van der Waals surface area contributed by atoms with Gasteiger partial charge < -0.3 is 10.1 Å². The second kappa shape index (κ2) is 8.69. The highest BCUT2D eigenvalue weighted by Crippen LogP contribution is 2.62. The van der Waals surface area contributed by atoms with Gasteiger partial charge in [0, 0.05) is 29.6 Å². The molecule has 1 spiro atoms. The first-order valence-corrected chi connectivity index (χ1v) is 12.0. The van der Waals surface area contributed by atoms with Gasteiger partial charge in [-0.25, -0.2) is 18.9 Å². The van der Waals surface area contributed by atoms with Gasteiger partial charge in [-0.15, -0.1) is 0 Å². The van der Waals surface area contributed by atoms with Crippen LogP contribution in [0.5, 0.6) is 5.75 Å². The number of aromatic amines is 1. The Labute approximate surface area is 204 Å². The number of pyridine rings is 1. The molecule has 8 nitrogen and oxygen atoms in total. The number of ether oxygens (including phenoxy) is 1. The van der Waals surface area contributed by atoms with E-state index >= 15 is 0 Å². The molecular formula is C26H25F2N5O3. The molecule has 0 atom stereocenters. The molecule has 3 heterocycles. The van der Waals surface area contributed by atoms with Crippen LogP contribution in [0.2, 0.25) is 0 Å². The Morgan fingerprint density at radius 3 is 2.67 bits per heavy atom. The fraction of sp³-hybridized carbons (Fsp3) is 0.385. The molecule has 0 radical (unpaired) electrons. The van der Waals surface area contributed by atoms with Crippen LogP contribution in [-0.2, 0) is 0 Å². The largest absolute Gasteiger partial charge is 0.485 e. The lowest BCUT2D eigenvalue weighted by molar-refractivity contribution is -0.0197. The number of hydrogen-bond donors (Lipinski definition) is 2. The Balaban J connectivity index is 1.07. The summed E-state index contributed by atoms with van der Waals surface area (Å²) in [6, 6.07) is 10.8. The van der Waals surface area contributed by atoms with Gasteiger partial charge in [0.15, 0.2) is 6.10 Å². The third-order valence-electron chi connectivity index (χ3n) is 7.53. The zero-order valence-corrected chi connectivity index (χ0v) is 19.4. The van der Waals surface area contributed by atoms with E-state index in [9.17, 15) is 18.4 Å². The highest BCUT2D eigenvalue weighted by Gasteiger charge is 2.54. The normalized spacial score (nSPS) is 23.1. The van der Waals surface area contributed by atoms with Gasteiger partial charge in [0.05, 0.1) is 17.3 Å². The van der Waals surface area contributed by atoms with Crippen LogP contribution in [0.4, 0.5) is 8.78 Å². The number of H-pyrrole nitrogens is 1. The van der Waals surface area contributed by atoms with Crippen molar-refractivity contribution in [3.05, 3.63) is 70.5 Å². The average Bonchev–Trinajstić information content (AvgIpc) is 3.27. The fourth-order valence-electron chi connectivity index (χ4n) is 5.81. The van der Waals surface area contributed by atoms with E-state index in [-0.39, 0.29) is 22.9 Å². The van der Waals surface area contributed by atoms with E-state index in [1.54, 1.807) is 22.7 Å². The zero-order chi connectivity index (χ0) is 24.9. The molecule has 0 aliphatic heterocycles.